The minimum absolute atomic E-state index is 0.187. The molecule has 7 heteroatoms. The third-order valence-corrected chi connectivity index (χ3v) is 6.94. The van der Waals surface area contributed by atoms with Crippen LogP contribution in [0.5, 0.6) is 0 Å². The van der Waals surface area contributed by atoms with Gasteiger partial charge in [-0.15, -0.1) is 0 Å². The first kappa shape index (κ1) is 23.2. The molecule has 0 bridgehead atoms. The number of allylic oxidation sites excluding steroid dienone is 1. The van der Waals surface area contributed by atoms with Gasteiger partial charge in [0.1, 0.15) is 12.3 Å². The van der Waals surface area contributed by atoms with E-state index in [1.807, 2.05) is 31.9 Å². The fraction of sp³-hybridized carbons (Fsp3) is 0.739. The number of hydrogen-bond acceptors (Lipinski definition) is 5. The number of carbonyl (C=O) groups excluding carboxylic acids is 1. The van der Waals surface area contributed by atoms with E-state index in [0.717, 1.165) is 38.3 Å². The van der Waals surface area contributed by atoms with Crippen molar-refractivity contribution < 1.29 is 14.3 Å². The standard InChI is InChI=1S/C23H39N3O3S/c1-23(2,3)29-22(27)25-9-7-18(16-25)13-19-14-21-20(24-15-19)8-10-26(21)17-28-11-12-30(4,5)6/h8,10,14-15,18,20-21H,7,9,11-13,16-17H2,1-6H3. The van der Waals surface area contributed by atoms with Crippen molar-refractivity contribution in [3.63, 3.8) is 0 Å². The fourth-order valence-corrected chi connectivity index (χ4v) is 4.56. The number of rotatable bonds is 7. The van der Waals surface area contributed by atoms with Crippen molar-refractivity contribution in [2.24, 2.45) is 10.9 Å². The van der Waals surface area contributed by atoms with Crippen molar-refractivity contribution >= 4 is 22.3 Å². The summed E-state index contributed by atoms with van der Waals surface area (Å²) in [6.45, 7) is 8.68. The molecule has 0 aliphatic carbocycles. The van der Waals surface area contributed by atoms with Gasteiger partial charge in [-0.2, -0.15) is 0 Å². The highest BCUT2D eigenvalue weighted by Crippen LogP contribution is 2.34. The molecule has 1 fully saturated rings. The van der Waals surface area contributed by atoms with Crippen LogP contribution in [0, 0.1) is 5.92 Å². The first-order valence-corrected chi connectivity index (χ1v) is 13.9. The Balaban J connectivity index is 1.48. The van der Waals surface area contributed by atoms with Gasteiger partial charge in [-0.1, -0.05) is 6.08 Å². The van der Waals surface area contributed by atoms with Gasteiger partial charge in [0.15, 0.2) is 0 Å². The maximum absolute atomic E-state index is 12.3. The van der Waals surface area contributed by atoms with E-state index in [1.54, 1.807) is 0 Å². The maximum atomic E-state index is 12.3. The van der Waals surface area contributed by atoms with E-state index in [2.05, 4.69) is 42.0 Å². The average molecular weight is 438 g/mol. The summed E-state index contributed by atoms with van der Waals surface area (Å²) in [5.74, 6) is 1.59. The van der Waals surface area contributed by atoms with Crippen LogP contribution in [0.15, 0.2) is 28.9 Å². The first-order valence-electron chi connectivity index (χ1n) is 10.9. The molecule has 170 valence electrons. The number of nitrogens with zero attached hydrogens (tertiary/aromatic N) is 3. The van der Waals surface area contributed by atoms with Gasteiger partial charge >= 0.3 is 6.09 Å². The Morgan fingerprint density at radius 1 is 1.30 bits per heavy atom. The van der Waals surface area contributed by atoms with Gasteiger partial charge in [0.05, 0.1) is 18.7 Å². The minimum atomic E-state index is -0.520. The summed E-state index contributed by atoms with van der Waals surface area (Å²) in [6.07, 6.45) is 17.4. The zero-order valence-corrected chi connectivity index (χ0v) is 20.3. The van der Waals surface area contributed by atoms with Crippen molar-refractivity contribution in [1.29, 1.82) is 0 Å². The molecule has 0 aromatic carbocycles. The van der Waals surface area contributed by atoms with Gasteiger partial charge in [-0.3, -0.25) is 4.99 Å². The molecule has 3 heterocycles. The molecule has 0 radical (unpaired) electrons. The van der Waals surface area contributed by atoms with E-state index in [4.69, 9.17) is 14.5 Å². The van der Waals surface area contributed by atoms with Crippen LogP contribution in [0.3, 0.4) is 0 Å². The molecule has 1 saturated heterocycles. The van der Waals surface area contributed by atoms with E-state index < -0.39 is 15.6 Å². The number of aliphatic imine (C=N–C) groups is 1. The van der Waals surface area contributed by atoms with Crippen molar-refractivity contribution in [3.05, 3.63) is 23.9 Å². The number of carbonyl (C=O) groups is 1. The van der Waals surface area contributed by atoms with E-state index in [9.17, 15) is 4.79 Å². The Labute approximate surface area is 183 Å². The topological polar surface area (TPSA) is 54.4 Å². The molecular formula is C23H39N3O3S. The van der Waals surface area contributed by atoms with Crippen LogP contribution in [0.2, 0.25) is 0 Å². The molecule has 3 aliphatic heterocycles. The van der Waals surface area contributed by atoms with Crippen LogP contribution in [0.4, 0.5) is 4.79 Å². The molecule has 3 atom stereocenters. The largest absolute Gasteiger partial charge is 0.444 e. The molecule has 30 heavy (non-hydrogen) atoms. The smallest absolute Gasteiger partial charge is 0.410 e. The Morgan fingerprint density at radius 2 is 2.07 bits per heavy atom. The highest BCUT2D eigenvalue weighted by Gasteiger charge is 2.33. The van der Waals surface area contributed by atoms with Crippen LogP contribution in [-0.2, 0) is 9.47 Å². The van der Waals surface area contributed by atoms with Crippen LogP contribution in [-0.4, -0.2) is 90.7 Å². The van der Waals surface area contributed by atoms with Crippen molar-refractivity contribution in [2.75, 3.05) is 50.9 Å². The third-order valence-electron chi connectivity index (χ3n) is 5.55. The highest BCUT2D eigenvalue weighted by molar-refractivity contribution is 8.32. The molecule has 0 aromatic rings. The van der Waals surface area contributed by atoms with Crippen LogP contribution in [0.25, 0.3) is 0 Å². The normalized spacial score (nSPS) is 26.7. The number of amides is 1. The lowest BCUT2D eigenvalue weighted by atomic mass is 9.94. The summed E-state index contributed by atoms with van der Waals surface area (Å²) in [4.78, 5) is 21.2. The molecule has 3 unspecified atom stereocenters. The molecule has 0 aromatic heterocycles. The minimum Gasteiger partial charge on any atom is -0.444 e. The number of ether oxygens (including phenoxy) is 2. The van der Waals surface area contributed by atoms with Crippen molar-refractivity contribution in [1.82, 2.24) is 9.80 Å². The highest BCUT2D eigenvalue weighted by atomic mass is 32.3. The lowest BCUT2D eigenvalue weighted by molar-refractivity contribution is 0.0288. The molecular weight excluding hydrogens is 398 g/mol. The van der Waals surface area contributed by atoms with Gasteiger partial charge in [0, 0.05) is 31.3 Å². The van der Waals surface area contributed by atoms with E-state index in [0.29, 0.717) is 12.6 Å². The summed E-state index contributed by atoms with van der Waals surface area (Å²) in [5.41, 5.74) is 0.818. The van der Waals surface area contributed by atoms with Gasteiger partial charge in [0.25, 0.3) is 0 Å². The average Bonchev–Trinajstić information content (AvgIpc) is 3.23. The molecule has 6 nitrogen and oxygen atoms in total. The van der Waals surface area contributed by atoms with Crippen LogP contribution < -0.4 is 0 Å². The van der Waals surface area contributed by atoms with Crippen molar-refractivity contribution in [3.8, 4) is 0 Å². The SMILES string of the molecule is CC(C)(C)OC(=O)N1CCC(CC2=CC3C(C=CN3COCCS(C)(C)C)N=C2)C1. The molecule has 0 spiro atoms. The van der Waals surface area contributed by atoms with Crippen LogP contribution >= 0.6 is 10.0 Å². The van der Waals surface area contributed by atoms with Gasteiger partial charge < -0.3 is 19.3 Å². The molecule has 1 amide bonds. The number of likely N-dealkylation sites (tertiary alicyclic amines) is 1. The number of fused-ring (bicyclic) bond motifs is 1. The molecule has 3 aliphatic rings. The van der Waals surface area contributed by atoms with Crippen molar-refractivity contribution in [2.45, 2.75) is 51.3 Å². The summed E-state index contributed by atoms with van der Waals surface area (Å²) in [7, 11) is -0.520. The number of hydrogen-bond donors (Lipinski definition) is 0. The zero-order chi connectivity index (χ0) is 21.9. The Morgan fingerprint density at radius 3 is 2.77 bits per heavy atom. The quantitative estimate of drug-likeness (QED) is 0.567. The summed E-state index contributed by atoms with van der Waals surface area (Å²) in [6, 6.07) is 0.433. The summed E-state index contributed by atoms with van der Waals surface area (Å²) in [5, 5.41) is 0. The Bertz CT molecular complexity index is 705. The van der Waals surface area contributed by atoms with E-state index in [1.165, 1.54) is 5.57 Å². The second-order valence-electron chi connectivity index (χ2n) is 10.5. The lowest BCUT2D eigenvalue weighted by Crippen LogP contribution is -2.36. The summed E-state index contributed by atoms with van der Waals surface area (Å²) < 4.78 is 11.5. The predicted molar refractivity (Wildman–Crippen MR) is 127 cm³/mol. The second kappa shape index (κ2) is 9.35. The van der Waals surface area contributed by atoms with Crippen LogP contribution in [0.1, 0.15) is 33.6 Å². The molecule has 0 N–H and O–H groups in total. The zero-order valence-electron chi connectivity index (χ0n) is 19.5. The van der Waals surface area contributed by atoms with E-state index >= 15 is 0 Å². The maximum Gasteiger partial charge on any atom is 0.410 e. The lowest BCUT2D eigenvalue weighted by Gasteiger charge is -2.30. The Hall–Kier alpha value is -1.47. The molecule has 0 saturated carbocycles. The van der Waals surface area contributed by atoms with Gasteiger partial charge in [-0.05, 0) is 69.9 Å². The van der Waals surface area contributed by atoms with Gasteiger partial charge in [-0.25, -0.2) is 14.8 Å². The van der Waals surface area contributed by atoms with Gasteiger partial charge in [0.2, 0.25) is 0 Å². The third kappa shape index (κ3) is 6.77. The summed E-state index contributed by atoms with van der Waals surface area (Å²) >= 11 is 0. The Kier molecular flexibility index (Phi) is 7.23. The fourth-order valence-electron chi connectivity index (χ4n) is 3.94. The van der Waals surface area contributed by atoms with E-state index in [-0.39, 0.29) is 18.2 Å². The first-order chi connectivity index (χ1) is 14.0. The predicted octanol–water partition coefficient (Wildman–Crippen LogP) is 3.88. The number of dihydropyridines is 1. The monoisotopic (exact) mass is 437 g/mol. The second-order valence-corrected chi connectivity index (χ2v) is 15.1. The molecule has 3 rings (SSSR count).